The van der Waals surface area contributed by atoms with E-state index in [9.17, 15) is 4.79 Å². The third kappa shape index (κ3) is 2.46. The van der Waals surface area contributed by atoms with Gasteiger partial charge >= 0.3 is 0 Å². The molecule has 0 atom stereocenters. The maximum atomic E-state index is 12.5. The van der Waals surface area contributed by atoms with Crippen molar-refractivity contribution in [3.63, 3.8) is 0 Å². The Morgan fingerprint density at radius 3 is 2.81 bits per heavy atom. The minimum absolute atomic E-state index is 0.0319. The van der Waals surface area contributed by atoms with Crippen molar-refractivity contribution >= 4 is 5.65 Å². The van der Waals surface area contributed by atoms with Crippen molar-refractivity contribution in [3.8, 4) is 0 Å². The van der Waals surface area contributed by atoms with Crippen molar-refractivity contribution in [2.45, 2.75) is 33.2 Å². The number of aryl methyl sites for hydroxylation is 1. The number of aromatic nitrogens is 4. The molecule has 0 aromatic carbocycles. The molecule has 0 saturated carbocycles. The third-order valence-corrected chi connectivity index (χ3v) is 3.54. The second-order valence-electron chi connectivity index (χ2n) is 5.59. The lowest BCUT2D eigenvalue weighted by atomic mass is 10.1. The number of hydrogen-bond acceptors (Lipinski definition) is 3. The number of rotatable bonds is 3. The molecule has 3 rings (SSSR count). The fourth-order valence-corrected chi connectivity index (χ4v) is 2.46. The zero-order chi connectivity index (χ0) is 15.0. The highest BCUT2D eigenvalue weighted by molar-refractivity contribution is 5.42. The number of fused-ring (bicyclic) bond motifs is 1. The minimum Gasteiger partial charge on any atom is -0.328 e. The summed E-state index contributed by atoms with van der Waals surface area (Å²) in [5.41, 5.74) is 3.49. The SMILES string of the molecule is Cc1cc2n(Cc3cccnc3)cc(C(C)C)c(=O)n2n1. The Kier molecular flexibility index (Phi) is 3.33. The van der Waals surface area contributed by atoms with Crippen LogP contribution in [0.5, 0.6) is 0 Å². The van der Waals surface area contributed by atoms with Crippen LogP contribution in [0.15, 0.2) is 41.6 Å². The zero-order valence-electron chi connectivity index (χ0n) is 12.4. The van der Waals surface area contributed by atoms with Crippen LogP contribution in [0.2, 0.25) is 0 Å². The summed E-state index contributed by atoms with van der Waals surface area (Å²) in [5, 5.41) is 4.33. The maximum Gasteiger partial charge on any atom is 0.277 e. The second-order valence-corrected chi connectivity index (χ2v) is 5.59. The molecule has 0 aliphatic heterocycles. The van der Waals surface area contributed by atoms with Crippen molar-refractivity contribution in [1.82, 2.24) is 19.2 Å². The van der Waals surface area contributed by atoms with Crippen LogP contribution < -0.4 is 5.56 Å². The average molecular weight is 282 g/mol. The van der Waals surface area contributed by atoms with Crippen LogP contribution in [0.3, 0.4) is 0 Å². The molecule has 0 aliphatic carbocycles. The Hall–Kier alpha value is -2.43. The molecule has 0 fully saturated rings. The van der Waals surface area contributed by atoms with Gasteiger partial charge in [-0.05, 0) is 24.5 Å². The predicted octanol–water partition coefficient (Wildman–Crippen LogP) is 2.37. The van der Waals surface area contributed by atoms with Gasteiger partial charge in [-0.1, -0.05) is 19.9 Å². The van der Waals surface area contributed by atoms with Gasteiger partial charge in [0.1, 0.15) is 5.65 Å². The van der Waals surface area contributed by atoms with E-state index >= 15 is 0 Å². The van der Waals surface area contributed by atoms with Crippen LogP contribution in [0.25, 0.3) is 5.65 Å². The first-order chi connectivity index (χ1) is 10.1. The second kappa shape index (κ2) is 5.16. The van der Waals surface area contributed by atoms with Gasteiger partial charge in [0.15, 0.2) is 0 Å². The zero-order valence-corrected chi connectivity index (χ0v) is 12.4. The van der Waals surface area contributed by atoms with Crippen molar-refractivity contribution in [3.05, 3.63) is 64.0 Å². The van der Waals surface area contributed by atoms with Gasteiger partial charge in [-0.15, -0.1) is 0 Å². The summed E-state index contributed by atoms with van der Waals surface area (Å²) >= 11 is 0. The quantitative estimate of drug-likeness (QED) is 0.741. The highest BCUT2D eigenvalue weighted by Crippen LogP contribution is 2.14. The lowest BCUT2D eigenvalue weighted by Crippen LogP contribution is -2.24. The summed E-state index contributed by atoms with van der Waals surface area (Å²) < 4.78 is 3.56. The van der Waals surface area contributed by atoms with Crippen LogP contribution in [0.1, 0.15) is 36.6 Å². The lowest BCUT2D eigenvalue weighted by Gasteiger charge is -2.13. The monoisotopic (exact) mass is 282 g/mol. The molecule has 0 spiro atoms. The largest absolute Gasteiger partial charge is 0.328 e. The lowest BCUT2D eigenvalue weighted by molar-refractivity contribution is 0.715. The molecule has 0 amide bonds. The summed E-state index contributed by atoms with van der Waals surface area (Å²) in [6.45, 7) is 6.61. The van der Waals surface area contributed by atoms with Crippen LogP contribution in [0.4, 0.5) is 0 Å². The van der Waals surface area contributed by atoms with Crippen LogP contribution in [0, 0.1) is 6.92 Å². The number of hydrogen-bond donors (Lipinski definition) is 0. The Bertz CT molecular complexity index is 831. The molecule has 0 radical (unpaired) electrons. The molecule has 0 N–H and O–H groups in total. The molecule has 0 saturated heterocycles. The fourth-order valence-electron chi connectivity index (χ4n) is 2.46. The normalized spacial score (nSPS) is 11.4. The first kappa shape index (κ1) is 13.5. The molecule has 3 aromatic rings. The Morgan fingerprint density at radius 2 is 2.14 bits per heavy atom. The van der Waals surface area contributed by atoms with Gasteiger partial charge in [0.25, 0.3) is 5.56 Å². The van der Waals surface area contributed by atoms with Crippen LogP contribution >= 0.6 is 0 Å². The molecule has 5 nitrogen and oxygen atoms in total. The summed E-state index contributed by atoms with van der Waals surface area (Å²) in [5.74, 6) is 0.159. The van der Waals surface area contributed by atoms with Gasteiger partial charge in [-0.2, -0.15) is 9.61 Å². The van der Waals surface area contributed by atoms with Crippen LogP contribution in [-0.2, 0) is 6.54 Å². The fraction of sp³-hybridized carbons (Fsp3) is 0.312. The standard InChI is InChI=1S/C16H18N4O/c1-11(2)14-10-19(9-13-5-4-6-17-8-13)15-7-12(3)18-20(15)16(14)21/h4-8,10-11H,9H2,1-3H3. The predicted molar refractivity (Wildman–Crippen MR) is 81.6 cm³/mol. The van der Waals surface area contributed by atoms with Crippen molar-refractivity contribution in [1.29, 1.82) is 0 Å². The summed E-state index contributed by atoms with van der Waals surface area (Å²) in [6, 6.07) is 5.88. The molecule has 5 heteroatoms. The third-order valence-electron chi connectivity index (χ3n) is 3.54. The number of pyridine rings is 1. The molecule has 0 bridgehead atoms. The average Bonchev–Trinajstić information content (AvgIpc) is 2.85. The van der Waals surface area contributed by atoms with E-state index < -0.39 is 0 Å². The molecular weight excluding hydrogens is 264 g/mol. The van der Waals surface area contributed by atoms with Crippen molar-refractivity contribution in [2.24, 2.45) is 0 Å². The molecule has 0 aliphatic rings. The first-order valence-corrected chi connectivity index (χ1v) is 7.05. The first-order valence-electron chi connectivity index (χ1n) is 7.05. The maximum absolute atomic E-state index is 12.5. The minimum atomic E-state index is -0.0319. The van der Waals surface area contributed by atoms with Gasteiger partial charge in [0.05, 0.1) is 12.2 Å². The van der Waals surface area contributed by atoms with E-state index in [2.05, 4.69) is 14.6 Å². The van der Waals surface area contributed by atoms with E-state index in [1.165, 1.54) is 4.52 Å². The van der Waals surface area contributed by atoms with Gasteiger partial charge in [0.2, 0.25) is 0 Å². The highest BCUT2D eigenvalue weighted by Gasteiger charge is 2.13. The van der Waals surface area contributed by atoms with E-state index in [1.54, 1.807) is 6.20 Å². The topological polar surface area (TPSA) is 52.2 Å². The van der Waals surface area contributed by atoms with Gasteiger partial charge < -0.3 is 4.57 Å². The summed E-state index contributed by atoms with van der Waals surface area (Å²) in [6.07, 6.45) is 5.54. The smallest absolute Gasteiger partial charge is 0.277 e. The van der Waals surface area contributed by atoms with Crippen molar-refractivity contribution in [2.75, 3.05) is 0 Å². The van der Waals surface area contributed by atoms with E-state index in [4.69, 9.17) is 0 Å². The Balaban J connectivity index is 2.21. The van der Waals surface area contributed by atoms with Crippen molar-refractivity contribution < 1.29 is 0 Å². The van der Waals surface area contributed by atoms with Gasteiger partial charge in [-0.3, -0.25) is 9.78 Å². The number of nitrogens with zero attached hydrogens (tertiary/aromatic N) is 4. The van der Waals surface area contributed by atoms with Gasteiger partial charge in [0, 0.05) is 30.2 Å². The Morgan fingerprint density at radius 1 is 1.33 bits per heavy atom. The molecule has 3 aromatic heterocycles. The Labute approximate surface area is 122 Å². The molecule has 108 valence electrons. The van der Waals surface area contributed by atoms with Crippen LogP contribution in [-0.4, -0.2) is 19.2 Å². The van der Waals surface area contributed by atoms with Gasteiger partial charge in [-0.25, -0.2) is 0 Å². The van der Waals surface area contributed by atoms with E-state index in [-0.39, 0.29) is 11.5 Å². The molecular formula is C16H18N4O. The highest BCUT2D eigenvalue weighted by atomic mass is 16.1. The summed E-state index contributed by atoms with van der Waals surface area (Å²) in [7, 11) is 0. The molecule has 21 heavy (non-hydrogen) atoms. The van der Waals surface area contributed by atoms with E-state index in [1.807, 2.05) is 51.4 Å². The summed E-state index contributed by atoms with van der Waals surface area (Å²) in [4.78, 5) is 16.6. The molecule has 0 unspecified atom stereocenters. The molecule has 3 heterocycles. The van der Waals surface area contributed by atoms with E-state index in [0.717, 1.165) is 22.5 Å². The van der Waals surface area contributed by atoms with E-state index in [0.29, 0.717) is 6.54 Å².